The first-order valence-electron chi connectivity index (χ1n) is 5.46. The van der Waals surface area contributed by atoms with E-state index in [1.54, 1.807) is 0 Å². The number of nitrogens with two attached hydrogens (primary N) is 1. The summed E-state index contributed by atoms with van der Waals surface area (Å²) >= 11 is 3.47. The van der Waals surface area contributed by atoms with E-state index in [0.717, 1.165) is 27.1 Å². The molecule has 0 saturated carbocycles. The summed E-state index contributed by atoms with van der Waals surface area (Å²) in [6.07, 6.45) is 0. The molecule has 0 amide bonds. The molecular formula is C14H15BrN2. The van der Waals surface area contributed by atoms with Crippen molar-refractivity contribution in [1.29, 1.82) is 0 Å². The summed E-state index contributed by atoms with van der Waals surface area (Å²) in [5.74, 6) is 0. The second kappa shape index (κ2) is 4.80. The minimum absolute atomic E-state index is 0.798. The number of anilines is 3. The number of aryl methyl sites for hydroxylation is 2. The van der Waals surface area contributed by atoms with E-state index in [1.165, 1.54) is 5.56 Å². The van der Waals surface area contributed by atoms with Crippen LogP contribution < -0.4 is 11.1 Å². The number of hydrogen-bond acceptors (Lipinski definition) is 2. The molecule has 0 bridgehead atoms. The minimum atomic E-state index is 0.798. The standard InChI is InChI=1S/C14H15BrN2/c1-9-6-7-11(15)8-13(9)17-12-5-3-4-10(2)14(12)16/h3-8,17H,16H2,1-2H3. The van der Waals surface area contributed by atoms with Gasteiger partial charge in [0.05, 0.1) is 11.4 Å². The Labute approximate surface area is 110 Å². The Hall–Kier alpha value is -1.48. The van der Waals surface area contributed by atoms with E-state index < -0.39 is 0 Å². The van der Waals surface area contributed by atoms with Crippen molar-refractivity contribution in [2.75, 3.05) is 11.1 Å². The molecule has 0 spiro atoms. The zero-order valence-corrected chi connectivity index (χ0v) is 11.5. The number of halogens is 1. The summed E-state index contributed by atoms with van der Waals surface area (Å²) in [6.45, 7) is 4.08. The highest BCUT2D eigenvalue weighted by Crippen LogP contribution is 2.29. The van der Waals surface area contributed by atoms with Gasteiger partial charge in [-0.05, 0) is 43.2 Å². The predicted octanol–water partition coefficient (Wildman–Crippen LogP) is 4.39. The number of para-hydroxylation sites is 1. The van der Waals surface area contributed by atoms with Crippen molar-refractivity contribution < 1.29 is 0 Å². The maximum absolute atomic E-state index is 6.04. The molecule has 0 aromatic heterocycles. The monoisotopic (exact) mass is 290 g/mol. The van der Waals surface area contributed by atoms with Crippen molar-refractivity contribution in [3.05, 3.63) is 52.0 Å². The molecule has 3 N–H and O–H groups in total. The van der Waals surface area contributed by atoms with E-state index in [9.17, 15) is 0 Å². The summed E-state index contributed by atoms with van der Waals surface area (Å²) in [7, 11) is 0. The quantitative estimate of drug-likeness (QED) is 0.805. The molecule has 17 heavy (non-hydrogen) atoms. The lowest BCUT2D eigenvalue weighted by Crippen LogP contribution is -1.99. The van der Waals surface area contributed by atoms with Gasteiger partial charge in [-0.15, -0.1) is 0 Å². The number of rotatable bonds is 2. The molecule has 3 heteroatoms. The Morgan fingerprint density at radius 3 is 2.53 bits per heavy atom. The Morgan fingerprint density at radius 1 is 1.00 bits per heavy atom. The molecular weight excluding hydrogens is 276 g/mol. The first-order chi connectivity index (χ1) is 8.08. The summed E-state index contributed by atoms with van der Waals surface area (Å²) in [6, 6.07) is 12.1. The molecule has 0 fully saturated rings. The summed E-state index contributed by atoms with van der Waals surface area (Å²) < 4.78 is 1.05. The van der Waals surface area contributed by atoms with Crippen LogP contribution in [0.25, 0.3) is 0 Å². The molecule has 0 radical (unpaired) electrons. The predicted molar refractivity (Wildman–Crippen MR) is 77.8 cm³/mol. The van der Waals surface area contributed by atoms with Gasteiger partial charge in [0.15, 0.2) is 0 Å². The molecule has 0 unspecified atom stereocenters. The van der Waals surface area contributed by atoms with Crippen LogP contribution in [0.4, 0.5) is 17.1 Å². The van der Waals surface area contributed by atoms with Crippen molar-refractivity contribution in [2.45, 2.75) is 13.8 Å². The lowest BCUT2D eigenvalue weighted by atomic mass is 10.1. The second-order valence-corrected chi connectivity index (χ2v) is 5.04. The van der Waals surface area contributed by atoms with Crippen LogP contribution in [0.3, 0.4) is 0 Å². The summed E-state index contributed by atoms with van der Waals surface area (Å²) in [5, 5.41) is 3.37. The molecule has 0 aliphatic heterocycles. The van der Waals surface area contributed by atoms with Crippen molar-refractivity contribution >= 4 is 33.0 Å². The summed E-state index contributed by atoms with van der Waals surface area (Å²) in [4.78, 5) is 0. The second-order valence-electron chi connectivity index (χ2n) is 4.12. The van der Waals surface area contributed by atoms with Crippen LogP contribution in [0.15, 0.2) is 40.9 Å². The highest BCUT2D eigenvalue weighted by molar-refractivity contribution is 9.10. The van der Waals surface area contributed by atoms with Crippen LogP contribution in [0.2, 0.25) is 0 Å². The molecule has 2 nitrogen and oxygen atoms in total. The third-order valence-corrected chi connectivity index (χ3v) is 3.29. The van der Waals surface area contributed by atoms with E-state index >= 15 is 0 Å². The maximum Gasteiger partial charge on any atom is 0.0620 e. The molecule has 88 valence electrons. The van der Waals surface area contributed by atoms with Crippen LogP contribution >= 0.6 is 15.9 Å². The van der Waals surface area contributed by atoms with Crippen LogP contribution in [0.1, 0.15) is 11.1 Å². The highest BCUT2D eigenvalue weighted by atomic mass is 79.9. The molecule has 2 aromatic rings. The fourth-order valence-corrected chi connectivity index (χ4v) is 2.02. The molecule has 0 aliphatic rings. The van der Waals surface area contributed by atoms with Gasteiger partial charge in [-0.3, -0.25) is 0 Å². The Bertz CT molecular complexity index is 550. The topological polar surface area (TPSA) is 38.0 Å². The van der Waals surface area contributed by atoms with Gasteiger partial charge in [0.1, 0.15) is 0 Å². The van der Waals surface area contributed by atoms with Gasteiger partial charge in [-0.1, -0.05) is 34.1 Å². The third kappa shape index (κ3) is 2.61. The smallest absolute Gasteiger partial charge is 0.0620 e. The summed E-state index contributed by atoms with van der Waals surface area (Å²) in [5.41, 5.74) is 11.1. The first kappa shape index (κ1) is 12.0. The number of benzene rings is 2. The van der Waals surface area contributed by atoms with Crippen molar-refractivity contribution in [3.8, 4) is 0 Å². The van der Waals surface area contributed by atoms with Gasteiger partial charge in [-0.25, -0.2) is 0 Å². The van der Waals surface area contributed by atoms with Crippen LogP contribution in [-0.4, -0.2) is 0 Å². The van der Waals surface area contributed by atoms with Gasteiger partial charge in [-0.2, -0.15) is 0 Å². The maximum atomic E-state index is 6.04. The van der Waals surface area contributed by atoms with Gasteiger partial charge < -0.3 is 11.1 Å². The zero-order chi connectivity index (χ0) is 12.4. The average Bonchev–Trinajstić information content (AvgIpc) is 2.30. The zero-order valence-electron chi connectivity index (χ0n) is 9.92. The van der Waals surface area contributed by atoms with Crippen LogP contribution in [0, 0.1) is 13.8 Å². The minimum Gasteiger partial charge on any atom is -0.397 e. The fraction of sp³-hybridized carbons (Fsp3) is 0.143. The molecule has 2 rings (SSSR count). The lowest BCUT2D eigenvalue weighted by molar-refractivity contribution is 1.40. The molecule has 0 aliphatic carbocycles. The first-order valence-corrected chi connectivity index (χ1v) is 6.25. The van der Waals surface area contributed by atoms with Crippen molar-refractivity contribution in [3.63, 3.8) is 0 Å². The van der Waals surface area contributed by atoms with Gasteiger partial charge in [0, 0.05) is 10.2 Å². The van der Waals surface area contributed by atoms with Gasteiger partial charge in [0.2, 0.25) is 0 Å². The van der Waals surface area contributed by atoms with Gasteiger partial charge in [0.25, 0.3) is 0 Å². The van der Waals surface area contributed by atoms with E-state index in [0.29, 0.717) is 0 Å². The molecule has 0 heterocycles. The number of nitrogens with one attached hydrogen (secondary N) is 1. The highest BCUT2D eigenvalue weighted by Gasteiger charge is 2.04. The van der Waals surface area contributed by atoms with E-state index in [-0.39, 0.29) is 0 Å². The van der Waals surface area contributed by atoms with Crippen molar-refractivity contribution in [2.24, 2.45) is 0 Å². The average molecular weight is 291 g/mol. The van der Waals surface area contributed by atoms with Crippen LogP contribution in [0.5, 0.6) is 0 Å². The Kier molecular flexibility index (Phi) is 3.38. The largest absolute Gasteiger partial charge is 0.397 e. The SMILES string of the molecule is Cc1ccc(Br)cc1Nc1cccc(C)c1N. The van der Waals surface area contributed by atoms with Gasteiger partial charge >= 0.3 is 0 Å². The normalized spacial score (nSPS) is 10.3. The van der Waals surface area contributed by atoms with Crippen LogP contribution in [-0.2, 0) is 0 Å². The number of nitrogen functional groups attached to an aromatic ring is 1. The fourth-order valence-electron chi connectivity index (χ4n) is 1.66. The third-order valence-electron chi connectivity index (χ3n) is 2.79. The van der Waals surface area contributed by atoms with E-state index in [1.807, 2.05) is 31.2 Å². The van der Waals surface area contributed by atoms with E-state index in [4.69, 9.17) is 5.73 Å². The number of hydrogen-bond donors (Lipinski definition) is 2. The van der Waals surface area contributed by atoms with Crippen molar-refractivity contribution in [1.82, 2.24) is 0 Å². The lowest BCUT2D eigenvalue weighted by Gasteiger charge is -2.13. The van der Waals surface area contributed by atoms with E-state index in [2.05, 4.69) is 40.3 Å². The Morgan fingerprint density at radius 2 is 1.76 bits per heavy atom. The Balaban J connectivity index is 2.38. The molecule has 0 atom stereocenters. The molecule has 0 saturated heterocycles. The molecule has 2 aromatic carbocycles.